The molecule has 1 aliphatic heterocycles. The quantitative estimate of drug-likeness (QED) is 0.192. The number of rotatable bonds is 4. The summed E-state index contributed by atoms with van der Waals surface area (Å²) in [7, 11) is 0. The van der Waals surface area contributed by atoms with Crippen molar-refractivity contribution in [2.75, 3.05) is 13.2 Å². The molecule has 0 atom stereocenters. The second-order valence-electron chi connectivity index (χ2n) is 13.9. The van der Waals surface area contributed by atoms with Gasteiger partial charge in [0.2, 0.25) is 0 Å². The highest BCUT2D eigenvalue weighted by Gasteiger charge is 2.41. The normalized spacial score (nSPS) is 14.8. The summed E-state index contributed by atoms with van der Waals surface area (Å²) >= 11 is 0. The van der Waals surface area contributed by atoms with Crippen molar-refractivity contribution >= 4 is 86.7 Å². The fraction of sp³-hybridized carbons (Fsp3) is 0.111. The minimum Gasteiger partial charge on any atom is -0.380 e. The third-order valence-electron chi connectivity index (χ3n) is 11.1. The van der Waals surface area contributed by atoms with Gasteiger partial charge >= 0.3 is 0 Å². The van der Waals surface area contributed by atoms with Crippen molar-refractivity contribution in [1.29, 1.82) is 0 Å². The zero-order valence-corrected chi connectivity index (χ0v) is 26.5. The first kappa shape index (κ1) is 26.4. The van der Waals surface area contributed by atoms with Gasteiger partial charge in [0.1, 0.15) is 0 Å². The van der Waals surface area contributed by atoms with Crippen LogP contribution in [0.2, 0.25) is 0 Å². The molecule has 228 valence electrons. The van der Waals surface area contributed by atoms with Gasteiger partial charge in [-0.05, 0) is 67.4 Å². The molecule has 3 heterocycles. The van der Waals surface area contributed by atoms with Crippen molar-refractivity contribution in [3.63, 3.8) is 0 Å². The summed E-state index contributed by atoms with van der Waals surface area (Å²) in [4.78, 5) is 0. The minimum absolute atomic E-state index is 0.0632. The minimum atomic E-state index is -0.0632. The van der Waals surface area contributed by atoms with Crippen molar-refractivity contribution in [3.05, 3.63) is 146 Å². The van der Waals surface area contributed by atoms with Crippen molar-refractivity contribution in [1.82, 2.24) is 9.13 Å². The largest absolute Gasteiger partial charge is 0.380 e. The van der Waals surface area contributed by atoms with E-state index >= 15 is 0 Å². The highest BCUT2D eigenvalue weighted by Crippen LogP contribution is 2.44. The van der Waals surface area contributed by atoms with Crippen LogP contribution >= 0.6 is 0 Å². The zero-order valence-electron chi connectivity index (χ0n) is 26.5. The first-order valence-electron chi connectivity index (χ1n) is 17.0. The van der Waals surface area contributed by atoms with Crippen LogP contribution in [0.15, 0.2) is 146 Å². The fourth-order valence-corrected chi connectivity index (χ4v) is 8.89. The summed E-state index contributed by atoms with van der Waals surface area (Å²) < 4.78 is 11.3. The molecule has 1 fully saturated rings. The Balaban J connectivity index is 1.16. The van der Waals surface area contributed by atoms with Crippen LogP contribution in [0, 0.1) is 5.41 Å². The molecule has 1 saturated heterocycles. The smallest absolute Gasteiger partial charge is 0.0579 e. The Morgan fingerprint density at radius 3 is 0.938 bits per heavy atom. The molecule has 48 heavy (non-hydrogen) atoms. The Bertz CT molecular complexity index is 2560. The first-order chi connectivity index (χ1) is 23.8. The molecule has 10 aromatic rings. The van der Waals surface area contributed by atoms with E-state index in [1.54, 1.807) is 0 Å². The summed E-state index contributed by atoms with van der Waals surface area (Å²) in [6.07, 6.45) is 0. The third kappa shape index (κ3) is 3.57. The van der Waals surface area contributed by atoms with Crippen LogP contribution < -0.4 is 0 Å². The molecule has 0 spiro atoms. The third-order valence-corrected chi connectivity index (χ3v) is 11.1. The molecule has 0 aliphatic carbocycles. The molecule has 0 bridgehead atoms. The van der Waals surface area contributed by atoms with Gasteiger partial charge in [-0.1, -0.05) is 121 Å². The molecule has 11 rings (SSSR count). The van der Waals surface area contributed by atoms with Crippen molar-refractivity contribution in [2.24, 2.45) is 5.41 Å². The van der Waals surface area contributed by atoms with Crippen LogP contribution in [0.25, 0.3) is 86.7 Å². The number of benzene rings is 8. The van der Waals surface area contributed by atoms with Gasteiger partial charge in [-0.25, -0.2) is 0 Å². The van der Waals surface area contributed by atoms with Gasteiger partial charge in [0, 0.05) is 56.7 Å². The van der Waals surface area contributed by atoms with Gasteiger partial charge in [-0.3, -0.25) is 0 Å². The van der Waals surface area contributed by atoms with Crippen LogP contribution in [0.3, 0.4) is 0 Å². The van der Waals surface area contributed by atoms with Gasteiger partial charge in [-0.15, -0.1) is 0 Å². The van der Waals surface area contributed by atoms with E-state index < -0.39 is 0 Å². The van der Waals surface area contributed by atoms with Crippen LogP contribution in [0.5, 0.6) is 0 Å². The Morgan fingerprint density at radius 2 is 0.667 bits per heavy atom. The number of hydrogen-bond acceptors (Lipinski definition) is 1. The predicted octanol–water partition coefficient (Wildman–Crippen LogP) is 11.2. The summed E-state index contributed by atoms with van der Waals surface area (Å²) in [5.74, 6) is 0. The van der Waals surface area contributed by atoms with E-state index in [-0.39, 0.29) is 5.41 Å². The van der Waals surface area contributed by atoms with Crippen molar-refractivity contribution in [3.8, 4) is 0 Å². The SMILES string of the molecule is c1ccc2c(c1)ccc1c2c2c3ccccc3ccc2n1CC1(Cn2c3ccc4ccccc4c3c3c4ccccc4ccc32)COC1. The summed E-state index contributed by atoms with van der Waals surface area (Å²) in [5, 5.41) is 15.8. The second kappa shape index (κ2) is 9.70. The number of aromatic nitrogens is 2. The zero-order chi connectivity index (χ0) is 31.4. The Hall–Kier alpha value is -5.64. The molecular weight excluding hydrogens is 585 g/mol. The van der Waals surface area contributed by atoms with Crippen molar-refractivity contribution in [2.45, 2.75) is 13.1 Å². The lowest BCUT2D eigenvalue weighted by molar-refractivity contribution is -0.128. The van der Waals surface area contributed by atoms with E-state index in [4.69, 9.17) is 4.74 Å². The lowest BCUT2D eigenvalue weighted by Crippen LogP contribution is -2.48. The maximum absolute atomic E-state index is 6.14. The number of fused-ring (bicyclic) bond motifs is 14. The molecule has 3 heteroatoms. The van der Waals surface area contributed by atoms with E-state index in [1.807, 2.05) is 0 Å². The maximum Gasteiger partial charge on any atom is 0.0579 e. The van der Waals surface area contributed by atoms with Crippen LogP contribution in [-0.2, 0) is 17.8 Å². The lowest BCUT2D eigenvalue weighted by Gasteiger charge is -2.42. The average Bonchev–Trinajstić information content (AvgIpc) is 3.63. The first-order valence-corrected chi connectivity index (χ1v) is 17.0. The molecule has 0 unspecified atom stereocenters. The van der Waals surface area contributed by atoms with Crippen LogP contribution in [-0.4, -0.2) is 22.3 Å². The summed E-state index contributed by atoms with van der Waals surface area (Å²) in [5.41, 5.74) is 5.12. The van der Waals surface area contributed by atoms with Crippen LogP contribution in [0.4, 0.5) is 0 Å². The molecule has 3 nitrogen and oxygen atoms in total. The van der Waals surface area contributed by atoms with Gasteiger partial charge in [0.25, 0.3) is 0 Å². The lowest BCUT2D eigenvalue weighted by atomic mass is 9.85. The highest BCUT2D eigenvalue weighted by atomic mass is 16.5. The molecule has 0 amide bonds. The number of nitrogens with zero attached hydrogens (tertiary/aromatic N) is 2. The molecular formula is C45H32N2O. The average molecular weight is 617 g/mol. The standard InChI is InChI=1S/C45H32N2O/c1-5-13-33-29(9-1)17-21-37-41(33)42-34-14-6-2-10-30(34)18-22-38(42)46(37)25-45(27-48-28-45)26-47-39-23-19-31-11-3-7-15-35(31)43(39)44-36-16-8-4-12-32(36)20-24-40(44)47/h1-24H,25-28H2. The Labute approximate surface area is 277 Å². The van der Waals surface area contributed by atoms with E-state index in [0.717, 1.165) is 26.3 Å². The number of ether oxygens (including phenoxy) is 1. The van der Waals surface area contributed by atoms with E-state index in [0.29, 0.717) is 0 Å². The van der Waals surface area contributed by atoms with Crippen molar-refractivity contribution < 1.29 is 4.74 Å². The van der Waals surface area contributed by atoms with Gasteiger partial charge in [0.15, 0.2) is 0 Å². The van der Waals surface area contributed by atoms with Gasteiger partial charge in [-0.2, -0.15) is 0 Å². The molecule has 2 aromatic heterocycles. The van der Waals surface area contributed by atoms with E-state index in [1.165, 1.54) is 86.7 Å². The fourth-order valence-electron chi connectivity index (χ4n) is 8.89. The number of hydrogen-bond donors (Lipinski definition) is 0. The monoisotopic (exact) mass is 616 g/mol. The molecule has 8 aromatic carbocycles. The van der Waals surface area contributed by atoms with Gasteiger partial charge < -0.3 is 13.9 Å². The van der Waals surface area contributed by atoms with Gasteiger partial charge in [0.05, 0.1) is 18.6 Å². The second-order valence-corrected chi connectivity index (χ2v) is 13.9. The molecule has 1 aliphatic rings. The topological polar surface area (TPSA) is 19.1 Å². The molecule has 0 saturated carbocycles. The van der Waals surface area contributed by atoms with E-state index in [2.05, 4.69) is 155 Å². The summed E-state index contributed by atoms with van der Waals surface area (Å²) in [6, 6.07) is 53.9. The molecule has 0 N–H and O–H groups in total. The Morgan fingerprint density at radius 1 is 0.375 bits per heavy atom. The highest BCUT2D eigenvalue weighted by molar-refractivity contribution is 6.29. The van der Waals surface area contributed by atoms with E-state index in [9.17, 15) is 0 Å². The van der Waals surface area contributed by atoms with Crippen LogP contribution in [0.1, 0.15) is 0 Å². The summed E-state index contributed by atoms with van der Waals surface area (Å²) in [6.45, 7) is 3.23. The predicted molar refractivity (Wildman–Crippen MR) is 202 cm³/mol. The molecule has 0 radical (unpaired) electrons. The Kier molecular flexibility index (Phi) is 5.34. The maximum atomic E-state index is 6.14.